The molecule has 1 heterocycles. The number of hydrogen-bond acceptors (Lipinski definition) is 3. The normalized spacial score (nSPS) is 19.4. The SMILES string of the molecule is CC1(C(=O)O)CCN(C(=O)c2cccc(OCc3ccc(F)cc3)c2)C1. The highest BCUT2D eigenvalue weighted by Crippen LogP contribution is 2.31. The molecule has 26 heavy (non-hydrogen) atoms. The van der Waals surface area contributed by atoms with Crippen LogP contribution in [0, 0.1) is 11.2 Å². The Morgan fingerprint density at radius 3 is 2.62 bits per heavy atom. The Morgan fingerprint density at radius 2 is 1.96 bits per heavy atom. The summed E-state index contributed by atoms with van der Waals surface area (Å²) in [6, 6.07) is 12.8. The molecule has 1 saturated heterocycles. The zero-order chi connectivity index (χ0) is 18.7. The van der Waals surface area contributed by atoms with Crippen molar-refractivity contribution in [1.82, 2.24) is 4.90 Å². The number of likely N-dealkylation sites (tertiary alicyclic amines) is 1. The molecule has 136 valence electrons. The van der Waals surface area contributed by atoms with Gasteiger partial charge in [-0.05, 0) is 49.2 Å². The molecule has 1 aliphatic rings. The van der Waals surface area contributed by atoms with Crippen molar-refractivity contribution in [3.05, 3.63) is 65.5 Å². The van der Waals surface area contributed by atoms with E-state index < -0.39 is 11.4 Å². The Kier molecular flexibility index (Phi) is 4.93. The van der Waals surface area contributed by atoms with Crippen molar-refractivity contribution in [2.45, 2.75) is 20.0 Å². The molecule has 6 heteroatoms. The first kappa shape index (κ1) is 17.9. The van der Waals surface area contributed by atoms with Crippen molar-refractivity contribution in [2.75, 3.05) is 13.1 Å². The highest BCUT2D eigenvalue weighted by molar-refractivity contribution is 5.95. The van der Waals surface area contributed by atoms with Gasteiger partial charge in [-0.3, -0.25) is 9.59 Å². The maximum Gasteiger partial charge on any atom is 0.311 e. The van der Waals surface area contributed by atoms with E-state index in [0.29, 0.717) is 24.3 Å². The number of hydrogen-bond donors (Lipinski definition) is 1. The first-order valence-corrected chi connectivity index (χ1v) is 8.37. The first-order valence-electron chi connectivity index (χ1n) is 8.37. The van der Waals surface area contributed by atoms with Crippen molar-refractivity contribution in [3.63, 3.8) is 0 Å². The zero-order valence-corrected chi connectivity index (χ0v) is 14.4. The highest BCUT2D eigenvalue weighted by atomic mass is 19.1. The van der Waals surface area contributed by atoms with Crippen LogP contribution in [0.2, 0.25) is 0 Å². The highest BCUT2D eigenvalue weighted by Gasteiger charge is 2.42. The van der Waals surface area contributed by atoms with E-state index in [0.717, 1.165) is 5.56 Å². The average Bonchev–Trinajstić information content (AvgIpc) is 3.05. The van der Waals surface area contributed by atoms with Crippen LogP contribution in [0.15, 0.2) is 48.5 Å². The second kappa shape index (κ2) is 7.15. The standard InChI is InChI=1S/C20H20FNO4/c1-20(19(24)25)9-10-22(13-20)18(23)15-3-2-4-17(11-15)26-12-14-5-7-16(21)8-6-14/h2-8,11H,9-10,12-13H2,1H3,(H,24,25). The van der Waals surface area contributed by atoms with Crippen molar-refractivity contribution in [1.29, 1.82) is 0 Å². The van der Waals surface area contributed by atoms with Crippen LogP contribution in [-0.4, -0.2) is 35.0 Å². The Hall–Kier alpha value is -2.89. The molecule has 1 unspecified atom stereocenters. The molecule has 1 aliphatic heterocycles. The second-order valence-corrected chi connectivity index (χ2v) is 6.79. The van der Waals surface area contributed by atoms with Gasteiger partial charge in [0, 0.05) is 18.7 Å². The number of rotatable bonds is 5. The minimum Gasteiger partial charge on any atom is -0.489 e. The molecule has 0 bridgehead atoms. The maximum absolute atomic E-state index is 12.9. The molecule has 2 aromatic carbocycles. The monoisotopic (exact) mass is 357 g/mol. The fourth-order valence-electron chi connectivity index (χ4n) is 2.96. The summed E-state index contributed by atoms with van der Waals surface area (Å²) in [6.07, 6.45) is 0.439. The van der Waals surface area contributed by atoms with Gasteiger partial charge in [-0.2, -0.15) is 0 Å². The average molecular weight is 357 g/mol. The largest absolute Gasteiger partial charge is 0.489 e. The van der Waals surface area contributed by atoms with Crippen molar-refractivity contribution >= 4 is 11.9 Å². The number of carbonyl (C=O) groups excluding carboxylic acids is 1. The first-order chi connectivity index (χ1) is 12.4. The van der Waals surface area contributed by atoms with E-state index in [9.17, 15) is 19.1 Å². The third kappa shape index (κ3) is 3.85. The number of benzene rings is 2. The van der Waals surface area contributed by atoms with Crippen LogP contribution in [0.25, 0.3) is 0 Å². The third-order valence-corrected chi connectivity index (χ3v) is 4.68. The molecular formula is C20H20FNO4. The van der Waals surface area contributed by atoms with E-state index in [1.807, 2.05) is 0 Å². The third-order valence-electron chi connectivity index (χ3n) is 4.68. The molecular weight excluding hydrogens is 337 g/mol. The molecule has 0 spiro atoms. The van der Waals surface area contributed by atoms with E-state index in [1.165, 1.54) is 12.1 Å². The van der Waals surface area contributed by atoms with Gasteiger partial charge >= 0.3 is 5.97 Å². The van der Waals surface area contributed by atoms with E-state index in [1.54, 1.807) is 48.2 Å². The van der Waals surface area contributed by atoms with Gasteiger partial charge < -0.3 is 14.7 Å². The summed E-state index contributed by atoms with van der Waals surface area (Å²) >= 11 is 0. The molecule has 3 rings (SSSR count). The van der Waals surface area contributed by atoms with Crippen molar-refractivity contribution in [3.8, 4) is 5.75 Å². The fraction of sp³-hybridized carbons (Fsp3) is 0.300. The van der Waals surface area contributed by atoms with Gasteiger partial charge in [-0.15, -0.1) is 0 Å². The topological polar surface area (TPSA) is 66.8 Å². The summed E-state index contributed by atoms with van der Waals surface area (Å²) in [4.78, 5) is 25.6. The Bertz CT molecular complexity index is 821. The molecule has 1 N–H and O–H groups in total. The lowest BCUT2D eigenvalue weighted by atomic mass is 9.90. The predicted molar refractivity (Wildman–Crippen MR) is 93.4 cm³/mol. The Balaban J connectivity index is 1.66. The molecule has 0 aromatic heterocycles. The number of carboxylic acid groups (broad SMARTS) is 1. The fourth-order valence-corrected chi connectivity index (χ4v) is 2.96. The maximum atomic E-state index is 12.9. The van der Waals surface area contributed by atoms with E-state index in [2.05, 4.69) is 0 Å². The van der Waals surface area contributed by atoms with Crippen molar-refractivity contribution < 1.29 is 23.8 Å². The van der Waals surface area contributed by atoms with Gasteiger partial charge in [0.2, 0.25) is 0 Å². The summed E-state index contributed by atoms with van der Waals surface area (Å²) in [6.45, 7) is 2.54. The molecule has 0 radical (unpaired) electrons. The summed E-state index contributed by atoms with van der Waals surface area (Å²) in [7, 11) is 0. The van der Waals surface area contributed by atoms with Crippen LogP contribution in [0.3, 0.4) is 0 Å². The van der Waals surface area contributed by atoms with Crippen molar-refractivity contribution in [2.24, 2.45) is 5.41 Å². The molecule has 0 aliphatic carbocycles. The summed E-state index contributed by atoms with van der Waals surface area (Å²) < 4.78 is 18.6. The van der Waals surface area contributed by atoms with Gasteiger partial charge in [0.25, 0.3) is 5.91 Å². The smallest absolute Gasteiger partial charge is 0.311 e. The van der Waals surface area contributed by atoms with Gasteiger partial charge in [0.05, 0.1) is 5.41 Å². The molecule has 1 atom stereocenters. The Morgan fingerprint density at radius 1 is 1.23 bits per heavy atom. The number of nitrogens with zero attached hydrogens (tertiary/aromatic N) is 1. The lowest BCUT2D eigenvalue weighted by molar-refractivity contribution is -0.147. The van der Waals surface area contributed by atoms with Crippen LogP contribution >= 0.6 is 0 Å². The minimum atomic E-state index is -0.896. The number of halogens is 1. The minimum absolute atomic E-state index is 0.196. The number of carboxylic acids is 1. The van der Waals surface area contributed by atoms with Crippen LogP contribution in [0.1, 0.15) is 29.3 Å². The van der Waals surface area contributed by atoms with Crippen LogP contribution in [0.4, 0.5) is 4.39 Å². The number of ether oxygens (including phenoxy) is 1. The van der Waals surface area contributed by atoms with Gasteiger partial charge in [0.15, 0.2) is 0 Å². The van der Waals surface area contributed by atoms with Gasteiger partial charge in [0.1, 0.15) is 18.2 Å². The second-order valence-electron chi connectivity index (χ2n) is 6.79. The van der Waals surface area contributed by atoms with E-state index >= 15 is 0 Å². The number of amides is 1. The molecule has 1 fully saturated rings. The summed E-state index contributed by atoms with van der Waals surface area (Å²) in [5, 5.41) is 9.30. The quantitative estimate of drug-likeness (QED) is 0.891. The molecule has 2 aromatic rings. The lowest BCUT2D eigenvalue weighted by Crippen LogP contribution is -2.34. The lowest BCUT2D eigenvalue weighted by Gasteiger charge is -2.20. The summed E-state index contributed by atoms with van der Waals surface area (Å²) in [5.74, 6) is -0.868. The molecule has 1 amide bonds. The van der Waals surface area contributed by atoms with Crippen LogP contribution in [0.5, 0.6) is 5.75 Å². The van der Waals surface area contributed by atoms with Gasteiger partial charge in [-0.1, -0.05) is 18.2 Å². The van der Waals surface area contributed by atoms with Crippen LogP contribution in [-0.2, 0) is 11.4 Å². The Labute approximate surface area is 151 Å². The number of aliphatic carboxylic acids is 1. The summed E-state index contributed by atoms with van der Waals surface area (Å²) in [5.41, 5.74) is 0.378. The number of carbonyl (C=O) groups is 2. The predicted octanol–water partition coefficient (Wildman–Crippen LogP) is 3.34. The van der Waals surface area contributed by atoms with E-state index in [4.69, 9.17) is 4.74 Å². The van der Waals surface area contributed by atoms with Gasteiger partial charge in [-0.25, -0.2) is 4.39 Å². The van der Waals surface area contributed by atoms with E-state index in [-0.39, 0.29) is 24.9 Å². The van der Waals surface area contributed by atoms with Crippen LogP contribution < -0.4 is 4.74 Å². The molecule has 5 nitrogen and oxygen atoms in total. The molecule has 0 saturated carbocycles. The zero-order valence-electron chi connectivity index (χ0n) is 14.4.